The van der Waals surface area contributed by atoms with E-state index in [9.17, 15) is 9.90 Å². The van der Waals surface area contributed by atoms with Gasteiger partial charge in [0, 0.05) is 13.6 Å². The van der Waals surface area contributed by atoms with Crippen molar-refractivity contribution >= 4 is 17.5 Å². The minimum Gasteiger partial charge on any atom is -0.503 e. The molecule has 0 spiro atoms. The first-order chi connectivity index (χ1) is 9.01. The van der Waals surface area contributed by atoms with Crippen molar-refractivity contribution in [3.8, 4) is 11.5 Å². The van der Waals surface area contributed by atoms with Crippen molar-refractivity contribution < 1.29 is 14.6 Å². The topological polar surface area (TPSA) is 61.8 Å². The van der Waals surface area contributed by atoms with Crippen LogP contribution in [-0.4, -0.2) is 43.2 Å². The summed E-state index contributed by atoms with van der Waals surface area (Å²) in [6.45, 7) is 3.57. The van der Waals surface area contributed by atoms with Gasteiger partial charge in [-0.05, 0) is 24.2 Å². The van der Waals surface area contributed by atoms with E-state index in [4.69, 9.17) is 16.3 Å². The molecule has 0 aromatic heterocycles. The van der Waals surface area contributed by atoms with Crippen LogP contribution in [0.15, 0.2) is 12.1 Å². The predicted molar refractivity (Wildman–Crippen MR) is 74.7 cm³/mol. The largest absolute Gasteiger partial charge is 0.503 e. The Hall–Kier alpha value is -1.46. The maximum atomic E-state index is 11.4. The number of halogens is 1. The van der Waals surface area contributed by atoms with Gasteiger partial charge in [0.05, 0.1) is 18.7 Å². The van der Waals surface area contributed by atoms with E-state index in [0.29, 0.717) is 18.8 Å². The first-order valence-corrected chi connectivity index (χ1v) is 6.37. The van der Waals surface area contributed by atoms with Crippen LogP contribution in [0.3, 0.4) is 0 Å². The van der Waals surface area contributed by atoms with Gasteiger partial charge < -0.3 is 15.2 Å². The highest BCUT2D eigenvalue weighted by Crippen LogP contribution is 2.35. The third-order valence-electron chi connectivity index (χ3n) is 2.81. The molecule has 0 atom stereocenters. The Kier molecular flexibility index (Phi) is 5.92. The van der Waals surface area contributed by atoms with Gasteiger partial charge in [0.2, 0.25) is 5.91 Å². The van der Waals surface area contributed by atoms with Crippen molar-refractivity contribution in [2.75, 3.05) is 27.2 Å². The number of nitrogens with zero attached hydrogens (tertiary/aromatic N) is 1. The Morgan fingerprint density at radius 1 is 1.53 bits per heavy atom. The maximum Gasteiger partial charge on any atom is 0.233 e. The predicted octanol–water partition coefficient (Wildman–Crippen LogP) is 1.62. The SMILES string of the molecule is CCN(CC(=O)NC)Cc1cc(Cl)c(O)c(OC)c1. The van der Waals surface area contributed by atoms with Gasteiger partial charge in [-0.25, -0.2) is 0 Å². The Bertz CT molecular complexity index is 452. The lowest BCUT2D eigenvalue weighted by atomic mass is 10.2. The van der Waals surface area contributed by atoms with Crippen LogP contribution in [0.2, 0.25) is 5.02 Å². The normalized spacial score (nSPS) is 10.6. The molecule has 19 heavy (non-hydrogen) atoms. The summed E-state index contributed by atoms with van der Waals surface area (Å²) in [6, 6.07) is 3.39. The van der Waals surface area contributed by atoms with Gasteiger partial charge in [0.15, 0.2) is 11.5 Å². The van der Waals surface area contributed by atoms with Crippen molar-refractivity contribution in [3.05, 3.63) is 22.7 Å². The quantitative estimate of drug-likeness (QED) is 0.834. The third-order valence-corrected chi connectivity index (χ3v) is 3.10. The number of likely N-dealkylation sites (N-methyl/N-ethyl adjacent to an activating group) is 2. The number of methoxy groups -OCH3 is 1. The lowest BCUT2D eigenvalue weighted by Gasteiger charge is -2.20. The van der Waals surface area contributed by atoms with Crippen LogP contribution in [0, 0.1) is 0 Å². The van der Waals surface area contributed by atoms with Crippen LogP contribution >= 0.6 is 11.6 Å². The molecule has 5 nitrogen and oxygen atoms in total. The van der Waals surface area contributed by atoms with Crippen molar-refractivity contribution in [2.24, 2.45) is 0 Å². The number of phenolic OH excluding ortho intramolecular Hbond substituents is 1. The van der Waals surface area contributed by atoms with E-state index < -0.39 is 0 Å². The molecular formula is C13H19ClN2O3. The number of carbonyl (C=O) groups is 1. The summed E-state index contributed by atoms with van der Waals surface area (Å²) in [4.78, 5) is 13.3. The van der Waals surface area contributed by atoms with Gasteiger partial charge in [-0.3, -0.25) is 9.69 Å². The minimum atomic E-state index is -0.0673. The number of ether oxygens (including phenoxy) is 1. The fourth-order valence-electron chi connectivity index (χ4n) is 1.69. The second-order valence-electron chi connectivity index (χ2n) is 4.10. The van der Waals surface area contributed by atoms with Crippen LogP contribution in [-0.2, 0) is 11.3 Å². The lowest BCUT2D eigenvalue weighted by Crippen LogP contribution is -2.35. The summed E-state index contributed by atoms with van der Waals surface area (Å²) in [7, 11) is 3.08. The first kappa shape index (κ1) is 15.6. The van der Waals surface area contributed by atoms with Gasteiger partial charge in [-0.1, -0.05) is 18.5 Å². The summed E-state index contributed by atoms with van der Waals surface area (Å²) in [5.74, 6) is 0.222. The lowest BCUT2D eigenvalue weighted by molar-refractivity contribution is -0.121. The Morgan fingerprint density at radius 3 is 2.74 bits per heavy atom. The van der Waals surface area contributed by atoms with Gasteiger partial charge in [-0.2, -0.15) is 0 Å². The van der Waals surface area contributed by atoms with Crippen LogP contribution in [0.25, 0.3) is 0 Å². The molecule has 106 valence electrons. The van der Waals surface area contributed by atoms with Crippen LogP contribution in [0.4, 0.5) is 0 Å². The molecule has 0 unspecified atom stereocenters. The molecule has 0 heterocycles. The number of aromatic hydroxyl groups is 1. The Morgan fingerprint density at radius 2 is 2.21 bits per heavy atom. The van der Waals surface area contributed by atoms with E-state index >= 15 is 0 Å². The molecule has 1 aromatic carbocycles. The summed E-state index contributed by atoms with van der Waals surface area (Å²) in [5.41, 5.74) is 0.880. The maximum absolute atomic E-state index is 11.4. The number of carbonyl (C=O) groups excluding carboxylic acids is 1. The summed E-state index contributed by atoms with van der Waals surface area (Å²) in [6.07, 6.45) is 0. The van der Waals surface area contributed by atoms with Gasteiger partial charge in [-0.15, -0.1) is 0 Å². The van der Waals surface area contributed by atoms with Gasteiger partial charge in [0.25, 0.3) is 0 Å². The molecule has 0 radical (unpaired) electrons. The number of hydrogen-bond donors (Lipinski definition) is 2. The zero-order valence-electron chi connectivity index (χ0n) is 11.4. The molecule has 6 heteroatoms. The molecule has 0 fully saturated rings. The van der Waals surface area contributed by atoms with Crippen LogP contribution in [0.1, 0.15) is 12.5 Å². The van der Waals surface area contributed by atoms with Crippen molar-refractivity contribution in [1.82, 2.24) is 10.2 Å². The van der Waals surface area contributed by atoms with Crippen molar-refractivity contribution in [1.29, 1.82) is 0 Å². The van der Waals surface area contributed by atoms with E-state index in [-0.39, 0.29) is 16.7 Å². The first-order valence-electron chi connectivity index (χ1n) is 6.00. The highest BCUT2D eigenvalue weighted by atomic mass is 35.5. The molecular weight excluding hydrogens is 268 g/mol. The number of benzene rings is 1. The van der Waals surface area contributed by atoms with Gasteiger partial charge >= 0.3 is 0 Å². The van der Waals surface area contributed by atoms with E-state index in [1.54, 1.807) is 19.2 Å². The Balaban J connectivity index is 2.85. The standard InChI is InChI=1S/C13H19ClN2O3/c1-4-16(8-12(17)15-2)7-9-5-10(14)13(18)11(6-9)19-3/h5-6,18H,4,7-8H2,1-3H3,(H,15,17). The van der Waals surface area contributed by atoms with Gasteiger partial charge in [0.1, 0.15) is 0 Å². The number of nitrogens with one attached hydrogen (secondary N) is 1. The molecule has 2 N–H and O–H groups in total. The third kappa shape index (κ3) is 4.29. The van der Waals surface area contributed by atoms with E-state index in [0.717, 1.165) is 12.1 Å². The minimum absolute atomic E-state index is 0.0429. The molecule has 0 bridgehead atoms. The Labute approximate surface area is 118 Å². The van der Waals surface area contributed by atoms with E-state index in [1.165, 1.54) is 7.11 Å². The number of phenols is 1. The molecule has 0 aliphatic rings. The zero-order chi connectivity index (χ0) is 14.4. The number of amides is 1. The molecule has 1 aromatic rings. The molecule has 1 rings (SSSR count). The molecule has 1 amide bonds. The second kappa shape index (κ2) is 7.21. The smallest absolute Gasteiger partial charge is 0.233 e. The van der Waals surface area contributed by atoms with Crippen molar-refractivity contribution in [2.45, 2.75) is 13.5 Å². The molecule has 0 aliphatic carbocycles. The monoisotopic (exact) mass is 286 g/mol. The van der Waals surface area contributed by atoms with Crippen LogP contribution in [0.5, 0.6) is 11.5 Å². The average Bonchev–Trinajstić information content (AvgIpc) is 2.41. The fourth-order valence-corrected chi connectivity index (χ4v) is 1.93. The number of rotatable bonds is 6. The highest BCUT2D eigenvalue weighted by Gasteiger charge is 2.13. The molecule has 0 saturated heterocycles. The van der Waals surface area contributed by atoms with Crippen molar-refractivity contribution in [3.63, 3.8) is 0 Å². The molecule has 0 aliphatic heterocycles. The average molecular weight is 287 g/mol. The second-order valence-corrected chi connectivity index (χ2v) is 4.51. The van der Waals surface area contributed by atoms with Crippen LogP contribution < -0.4 is 10.1 Å². The molecule has 0 saturated carbocycles. The highest BCUT2D eigenvalue weighted by molar-refractivity contribution is 6.32. The summed E-state index contributed by atoms with van der Waals surface area (Å²) >= 11 is 5.93. The summed E-state index contributed by atoms with van der Waals surface area (Å²) in [5, 5.41) is 12.5. The number of hydrogen-bond acceptors (Lipinski definition) is 4. The van der Waals surface area contributed by atoms with E-state index in [2.05, 4.69) is 5.32 Å². The van der Waals surface area contributed by atoms with E-state index in [1.807, 2.05) is 11.8 Å². The zero-order valence-corrected chi connectivity index (χ0v) is 12.1. The summed E-state index contributed by atoms with van der Waals surface area (Å²) < 4.78 is 5.05. The fraction of sp³-hybridized carbons (Fsp3) is 0.462.